The van der Waals surface area contributed by atoms with Crippen molar-refractivity contribution in [3.05, 3.63) is 73.9 Å². The predicted octanol–water partition coefficient (Wildman–Crippen LogP) is 4.31. The summed E-state index contributed by atoms with van der Waals surface area (Å²) in [6.45, 7) is 6.49. The van der Waals surface area contributed by atoms with Crippen LogP contribution in [0, 0.1) is 5.92 Å². The van der Waals surface area contributed by atoms with Gasteiger partial charge < -0.3 is 0 Å². The average Bonchev–Trinajstić information content (AvgIpc) is 3.15. The van der Waals surface area contributed by atoms with Gasteiger partial charge in [0.25, 0.3) is 11.1 Å². The maximum Gasteiger partial charge on any atom is 0.263 e. The number of rotatable bonds is 5. The molecule has 1 aliphatic carbocycles. The van der Waals surface area contributed by atoms with E-state index in [0.717, 1.165) is 29.5 Å². The van der Waals surface area contributed by atoms with Gasteiger partial charge in [0.15, 0.2) is 5.16 Å². The van der Waals surface area contributed by atoms with E-state index in [1.165, 1.54) is 22.2 Å². The molecule has 0 spiro atoms. The molecule has 4 aromatic rings. The van der Waals surface area contributed by atoms with E-state index in [1.807, 2.05) is 18.2 Å². The van der Waals surface area contributed by atoms with Gasteiger partial charge in [-0.15, -0.1) is 17.9 Å². The van der Waals surface area contributed by atoms with Crippen molar-refractivity contribution < 1.29 is 0 Å². The Morgan fingerprint density at radius 2 is 2.06 bits per heavy atom. The fourth-order valence-electron chi connectivity index (χ4n) is 4.33. The summed E-state index contributed by atoms with van der Waals surface area (Å²) in [5.74, 6) is 1.73. The van der Waals surface area contributed by atoms with Crippen molar-refractivity contribution in [1.29, 1.82) is 0 Å². The van der Waals surface area contributed by atoms with Crippen LogP contribution in [0.1, 0.15) is 29.6 Å². The number of thiophene rings is 1. The minimum atomic E-state index is -0.0712. The normalized spacial score (nSPS) is 15.9. The number of hydrogen-bond acceptors (Lipinski definition) is 6. The van der Waals surface area contributed by atoms with Gasteiger partial charge in [0.2, 0.25) is 0 Å². The highest BCUT2D eigenvalue weighted by Crippen LogP contribution is 2.36. The summed E-state index contributed by atoms with van der Waals surface area (Å²) in [4.78, 5) is 37.9. The van der Waals surface area contributed by atoms with Crippen molar-refractivity contribution in [2.24, 2.45) is 13.0 Å². The topological polar surface area (TPSA) is 69.8 Å². The Bertz CT molecular complexity index is 1480. The van der Waals surface area contributed by atoms with Crippen LogP contribution in [0.3, 0.4) is 0 Å². The number of para-hydroxylation sites is 1. The minimum Gasteiger partial charge on any atom is -0.299 e. The highest BCUT2D eigenvalue weighted by atomic mass is 32.2. The molecular formula is C24H24N4O2S2. The number of benzene rings is 1. The third kappa shape index (κ3) is 3.51. The predicted molar refractivity (Wildman–Crippen MR) is 132 cm³/mol. The summed E-state index contributed by atoms with van der Waals surface area (Å²) in [5.41, 5.74) is 1.80. The highest BCUT2D eigenvalue weighted by Gasteiger charge is 2.24. The summed E-state index contributed by atoms with van der Waals surface area (Å²) in [6, 6.07) is 7.36. The van der Waals surface area contributed by atoms with Crippen LogP contribution in [0.15, 0.2) is 51.7 Å². The molecule has 0 radical (unpaired) electrons. The second kappa shape index (κ2) is 8.33. The van der Waals surface area contributed by atoms with Gasteiger partial charge in [-0.3, -0.25) is 18.7 Å². The van der Waals surface area contributed by atoms with Gasteiger partial charge in [-0.2, -0.15) is 0 Å². The largest absolute Gasteiger partial charge is 0.299 e. The standard InChI is InChI=1S/C24H24N4O2S2/c1-4-11-28-23(30)20-16-10-9-14(2)12-18(16)32-21(20)26-24(28)31-13-19-25-17-8-6-5-7-15(17)22(29)27(19)3/h4-8,14H,1,9-13H2,2-3H3. The van der Waals surface area contributed by atoms with E-state index >= 15 is 0 Å². The number of nitrogens with zero attached hydrogens (tertiary/aromatic N) is 4. The van der Waals surface area contributed by atoms with E-state index in [2.05, 4.69) is 18.5 Å². The van der Waals surface area contributed by atoms with Crippen LogP contribution < -0.4 is 11.1 Å². The third-order valence-corrected chi connectivity index (χ3v) is 8.22. The van der Waals surface area contributed by atoms with Crippen LogP contribution >= 0.6 is 23.1 Å². The molecule has 1 aliphatic rings. The smallest absolute Gasteiger partial charge is 0.263 e. The molecule has 3 aromatic heterocycles. The Morgan fingerprint density at radius 1 is 1.25 bits per heavy atom. The summed E-state index contributed by atoms with van der Waals surface area (Å²) in [5, 5.41) is 2.01. The van der Waals surface area contributed by atoms with Gasteiger partial charge in [-0.25, -0.2) is 9.97 Å². The first-order valence-corrected chi connectivity index (χ1v) is 12.5. The molecule has 3 heterocycles. The monoisotopic (exact) mass is 464 g/mol. The fourth-order valence-corrected chi connectivity index (χ4v) is 6.74. The summed E-state index contributed by atoms with van der Waals surface area (Å²) in [6.07, 6.45) is 4.79. The van der Waals surface area contributed by atoms with Crippen molar-refractivity contribution in [3.63, 3.8) is 0 Å². The Morgan fingerprint density at radius 3 is 2.88 bits per heavy atom. The molecule has 0 amide bonds. The van der Waals surface area contributed by atoms with Crippen LogP contribution in [0.5, 0.6) is 0 Å². The van der Waals surface area contributed by atoms with Crippen LogP contribution in [-0.2, 0) is 32.2 Å². The lowest BCUT2D eigenvalue weighted by Crippen LogP contribution is -2.24. The number of hydrogen-bond donors (Lipinski definition) is 0. The lowest BCUT2D eigenvalue weighted by atomic mass is 9.89. The number of fused-ring (bicyclic) bond motifs is 4. The Hall–Kier alpha value is -2.71. The molecule has 32 heavy (non-hydrogen) atoms. The number of thioether (sulfide) groups is 1. The van der Waals surface area contributed by atoms with Crippen molar-refractivity contribution in [1.82, 2.24) is 19.1 Å². The number of allylic oxidation sites excluding steroid dienone is 1. The first kappa shape index (κ1) is 21.2. The zero-order valence-electron chi connectivity index (χ0n) is 18.1. The Balaban J connectivity index is 1.57. The SMILES string of the molecule is C=CCn1c(SCc2nc3ccccc3c(=O)n2C)nc2sc3c(c2c1=O)CCC(C)C3. The fraction of sp³-hybridized carbons (Fsp3) is 0.333. The molecule has 8 heteroatoms. The van der Waals surface area contributed by atoms with Crippen LogP contribution in [0.4, 0.5) is 0 Å². The van der Waals surface area contributed by atoms with Gasteiger partial charge in [0.05, 0.1) is 22.0 Å². The van der Waals surface area contributed by atoms with Gasteiger partial charge in [0.1, 0.15) is 10.7 Å². The van der Waals surface area contributed by atoms with E-state index in [1.54, 1.807) is 39.7 Å². The van der Waals surface area contributed by atoms with E-state index < -0.39 is 0 Å². The van der Waals surface area contributed by atoms with Crippen LogP contribution in [-0.4, -0.2) is 19.1 Å². The molecule has 6 nitrogen and oxygen atoms in total. The van der Waals surface area contributed by atoms with Crippen molar-refractivity contribution in [2.45, 2.75) is 43.6 Å². The van der Waals surface area contributed by atoms with Gasteiger partial charge >= 0.3 is 0 Å². The van der Waals surface area contributed by atoms with Crippen molar-refractivity contribution in [2.75, 3.05) is 0 Å². The zero-order chi connectivity index (χ0) is 22.4. The number of aromatic nitrogens is 4. The zero-order valence-corrected chi connectivity index (χ0v) is 19.8. The Labute approximate surface area is 193 Å². The molecule has 0 N–H and O–H groups in total. The molecule has 0 aliphatic heterocycles. The molecule has 5 rings (SSSR count). The van der Waals surface area contributed by atoms with E-state index in [4.69, 9.17) is 4.98 Å². The summed E-state index contributed by atoms with van der Waals surface area (Å²) >= 11 is 3.09. The maximum atomic E-state index is 13.5. The van der Waals surface area contributed by atoms with Crippen molar-refractivity contribution in [3.8, 4) is 0 Å². The molecular weight excluding hydrogens is 440 g/mol. The van der Waals surface area contributed by atoms with Crippen LogP contribution in [0.2, 0.25) is 0 Å². The molecule has 0 saturated heterocycles. The lowest BCUT2D eigenvalue weighted by Gasteiger charge is -2.17. The molecule has 0 saturated carbocycles. The molecule has 164 valence electrons. The van der Waals surface area contributed by atoms with E-state index in [9.17, 15) is 9.59 Å². The second-order valence-corrected chi connectivity index (χ2v) is 10.4. The minimum absolute atomic E-state index is 0.00446. The molecule has 0 bridgehead atoms. The number of aryl methyl sites for hydroxylation is 1. The quantitative estimate of drug-likeness (QED) is 0.250. The second-order valence-electron chi connectivity index (χ2n) is 8.33. The van der Waals surface area contributed by atoms with E-state index in [0.29, 0.717) is 40.1 Å². The highest BCUT2D eigenvalue weighted by molar-refractivity contribution is 7.98. The summed E-state index contributed by atoms with van der Waals surface area (Å²) in [7, 11) is 1.74. The Kier molecular flexibility index (Phi) is 5.51. The first-order valence-electron chi connectivity index (χ1n) is 10.7. The molecule has 1 aromatic carbocycles. The lowest BCUT2D eigenvalue weighted by molar-refractivity contribution is 0.509. The molecule has 1 unspecified atom stereocenters. The van der Waals surface area contributed by atoms with Gasteiger partial charge in [0, 0.05) is 18.5 Å². The van der Waals surface area contributed by atoms with Gasteiger partial charge in [-0.1, -0.05) is 36.9 Å². The van der Waals surface area contributed by atoms with E-state index in [-0.39, 0.29) is 11.1 Å². The first-order chi connectivity index (χ1) is 15.5. The average molecular weight is 465 g/mol. The van der Waals surface area contributed by atoms with Crippen LogP contribution in [0.25, 0.3) is 21.1 Å². The van der Waals surface area contributed by atoms with Gasteiger partial charge in [-0.05, 0) is 42.9 Å². The summed E-state index contributed by atoms with van der Waals surface area (Å²) < 4.78 is 3.28. The third-order valence-electron chi connectivity index (χ3n) is 6.10. The maximum absolute atomic E-state index is 13.5. The molecule has 1 atom stereocenters. The van der Waals surface area contributed by atoms with Crippen molar-refractivity contribution >= 4 is 44.2 Å². The molecule has 0 fully saturated rings.